The highest BCUT2D eigenvalue weighted by molar-refractivity contribution is 8.00. The van der Waals surface area contributed by atoms with Crippen molar-refractivity contribution >= 4 is 47.0 Å². The normalized spacial score (nSPS) is 32.4. The van der Waals surface area contributed by atoms with Gasteiger partial charge in [0.15, 0.2) is 0 Å². The van der Waals surface area contributed by atoms with Crippen LogP contribution in [0.2, 0.25) is 0 Å². The maximum atomic E-state index is 13.6. The SMILES string of the molecule is C=C[C@]1(C)C[C@@H](OC(=O)CSc2cccc(NC(=O)C3CCCCN3)c2)[C@]2(C)[C@H](C)CC[C@]3(CCC(=O)[C@H]32)[C@@H](C)[C@@H]1O.O=C(O)CCCCCCCCC(=O)O. The third kappa shape index (κ3) is 11.0. The Bertz CT molecular complexity index is 1530. The molecule has 11 nitrogen and oxygen atoms in total. The van der Waals surface area contributed by atoms with E-state index in [9.17, 15) is 29.1 Å². The zero-order chi connectivity index (χ0) is 41.1. The van der Waals surface area contributed by atoms with Gasteiger partial charge in [-0.3, -0.25) is 24.0 Å². The number of aliphatic carboxylic acids is 2. The van der Waals surface area contributed by atoms with E-state index in [1.54, 1.807) is 0 Å². The summed E-state index contributed by atoms with van der Waals surface area (Å²) in [6, 6.07) is 7.36. The summed E-state index contributed by atoms with van der Waals surface area (Å²) in [6.45, 7) is 13.4. The molecule has 4 aliphatic rings. The average molecular weight is 799 g/mol. The molecule has 2 bridgehead atoms. The van der Waals surface area contributed by atoms with Crippen molar-refractivity contribution < 1.29 is 44.0 Å². The first-order valence-electron chi connectivity index (χ1n) is 20.8. The second kappa shape index (κ2) is 20.5. The van der Waals surface area contributed by atoms with Crippen molar-refractivity contribution in [3.63, 3.8) is 0 Å². The lowest BCUT2D eigenvalue weighted by atomic mass is 9.44. The van der Waals surface area contributed by atoms with Crippen LogP contribution in [0.1, 0.15) is 130 Å². The van der Waals surface area contributed by atoms with E-state index in [0.29, 0.717) is 18.5 Å². The van der Waals surface area contributed by atoms with Gasteiger partial charge in [0.2, 0.25) is 5.91 Å². The van der Waals surface area contributed by atoms with Crippen molar-refractivity contribution in [3.8, 4) is 0 Å². The average Bonchev–Trinajstić information content (AvgIpc) is 3.53. The number of hydrogen-bond acceptors (Lipinski definition) is 9. The van der Waals surface area contributed by atoms with E-state index in [1.807, 2.05) is 37.3 Å². The molecule has 1 unspecified atom stereocenters. The molecule has 3 aliphatic carbocycles. The smallest absolute Gasteiger partial charge is 0.316 e. The van der Waals surface area contributed by atoms with Gasteiger partial charge in [-0.25, -0.2) is 0 Å². The van der Waals surface area contributed by atoms with Gasteiger partial charge in [-0.05, 0) is 93.4 Å². The van der Waals surface area contributed by atoms with Crippen molar-refractivity contribution in [3.05, 3.63) is 36.9 Å². The quantitative estimate of drug-likeness (QED) is 0.0473. The number of hydrogen-bond donors (Lipinski definition) is 5. The Morgan fingerprint density at radius 3 is 2.25 bits per heavy atom. The lowest BCUT2D eigenvalue weighted by Crippen LogP contribution is -2.63. The van der Waals surface area contributed by atoms with Crippen LogP contribution in [-0.4, -0.2) is 75.5 Å². The summed E-state index contributed by atoms with van der Waals surface area (Å²) in [4.78, 5) is 60.9. The number of carbonyl (C=O) groups excluding carboxylic acids is 3. The number of rotatable bonds is 16. The first-order valence-corrected chi connectivity index (χ1v) is 21.8. The van der Waals surface area contributed by atoms with Crippen LogP contribution in [0.25, 0.3) is 0 Å². The van der Waals surface area contributed by atoms with E-state index in [2.05, 4.69) is 38.0 Å². The monoisotopic (exact) mass is 798 g/mol. The summed E-state index contributed by atoms with van der Waals surface area (Å²) in [5.41, 5.74) is -0.767. The molecule has 1 aromatic carbocycles. The number of ketones is 1. The number of anilines is 1. The van der Waals surface area contributed by atoms with Crippen LogP contribution in [0.3, 0.4) is 0 Å². The molecule has 0 spiro atoms. The van der Waals surface area contributed by atoms with Crippen molar-refractivity contribution in [1.82, 2.24) is 5.32 Å². The number of esters is 1. The van der Waals surface area contributed by atoms with Crippen molar-refractivity contribution in [2.24, 2.45) is 34.0 Å². The fourth-order valence-corrected chi connectivity index (χ4v) is 10.8. The number of carboxylic acids is 2. The molecule has 56 heavy (non-hydrogen) atoms. The number of nitrogens with one attached hydrogen (secondary N) is 2. The number of piperidine rings is 1. The molecular formula is C44H66N2O9S. The molecule has 312 valence electrons. The predicted octanol–water partition coefficient (Wildman–Crippen LogP) is 8.04. The Morgan fingerprint density at radius 2 is 1.64 bits per heavy atom. The fraction of sp³-hybridized carbons (Fsp3) is 0.705. The number of carboxylic acid groups (broad SMARTS) is 2. The summed E-state index contributed by atoms with van der Waals surface area (Å²) in [5, 5.41) is 34.7. The lowest BCUT2D eigenvalue weighted by molar-refractivity contribution is -0.205. The minimum atomic E-state index is -0.740. The largest absolute Gasteiger partial charge is 0.481 e. The number of aliphatic hydroxyl groups excluding tert-OH is 1. The molecule has 0 aromatic heterocycles. The highest BCUT2D eigenvalue weighted by Gasteiger charge is 2.68. The number of amides is 1. The Balaban J connectivity index is 0.000000424. The first kappa shape index (κ1) is 45.5. The van der Waals surface area contributed by atoms with E-state index in [1.165, 1.54) is 11.8 Å². The molecule has 3 saturated carbocycles. The molecule has 0 radical (unpaired) electrons. The Kier molecular flexibility index (Phi) is 16.6. The fourth-order valence-electron chi connectivity index (χ4n) is 10.1. The van der Waals surface area contributed by atoms with Crippen molar-refractivity contribution in [2.45, 2.75) is 154 Å². The van der Waals surface area contributed by atoms with Crippen LogP contribution < -0.4 is 10.6 Å². The van der Waals surface area contributed by atoms with Gasteiger partial charge in [0.1, 0.15) is 11.9 Å². The van der Waals surface area contributed by atoms with Crippen LogP contribution >= 0.6 is 11.8 Å². The molecule has 1 heterocycles. The second-order valence-corrected chi connectivity index (χ2v) is 18.3. The minimum absolute atomic E-state index is 0.0327. The van der Waals surface area contributed by atoms with Gasteiger partial charge in [-0.2, -0.15) is 0 Å². The summed E-state index contributed by atoms with van der Waals surface area (Å²) < 4.78 is 6.37. The number of benzene rings is 1. The lowest BCUT2D eigenvalue weighted by Gasteiger charge is -2.61. The van der Waals surface area contributed by atoms with E-state index in [0.717, 1.165) is 88.5 Å². The van der Waals surface area contributed by atoms with Crippen LogP contribution in [0.15, 0.2) is 41.8 Å². The Hall–Kier alpha value is -3.22. The molecule has 9 atom stereocenters. The molecule has 1 amide bonds. The highest BCUT2D eigenvalue weighted by Crippen LogP contribution is 2.68. The zero-order valence-electron chi connectivity index (χ0n) is 34.0. The number of ether oxygens (including phenoxy) is 1. The van der Waals surface area contributed by atoms with Crippen LogP contribution in [0.5, 0.6) is 0 Å². The molecule has 1 aliphatic heterocycles. The molecule has 5 N–H and O–H groups in total. The first-order chi connectivity index (χ1) is 26.6. The molecule has 5 rings (SSSR count). The Labute approximate surface area is 337 Å². The number of aliphatic hydroxyl groups is 1. The van der Waals surface area contributed by atoms with Gasteiger partial charge < -0.3 is 30.7 Å². The minimum Gasteiger partial charge on any atom is -0.481 e. The maximum absolute atomic E-state index is 13.6. The predicted molar refractivity (Wildman–Crippen MR) is 218 cm³/mol. The van der Waals surface area contributed by atoms with Crippen LogP contribution in [0.4, 0.5) is 5.69 Å². The van der Waals surface area contributed by atoms with E-state index >= 15 is 0 Å². The number of thioether (sulfide) groups is 1. The summed E-state index contributed by atoms with van der Waals surface area (Å²) >= 11 is 1.37. The third-order valence-corrected chi connectivity index (χ3v) is 14.7. The molecular weight excluding hydrogens is 733 g/mol. The van der Waals surface area contributed by atoms with E-state index < -0.39 is 35.0 Å². The molecule has 4 fully saturated rings. The Morgan fingerprint density at radius 1 is 0.982 bits per heavy atom. The molecule has 1 saturated heterocycles. The van der Waals surface area contributed by atoms with Gasteiger partial charge >= 0.3 is 17.9 Å². The van der Waals surface area contributed by atoms with Gasteiger partial charge in [0.25, 0.3) is 0 Å². The number of Topliss-reactive ketones (excluding diaryl/α,β-unsaturated/α-hetero) is 1. The van der Waals surface area contributed by atoms with Gasteiger partial charge in [-0.1, -0.05) is 71.9 Å². The highest BCUT2D eigenvalue weighted by atomic mass is 32.2. The molecule has 12 heteroatoms. The van der Waals surface area contributed by atoms with Crippen molar-refractivity contribution in [1.29, 1.82) is 0 Å². The zero-order valence-corrected chi connectivity index (χ0v) is 34.8. The van der Waals surface area contributed by atoms with Crippen LogP contribution in [-0.2, 0) is 28.7 Å². The topological polar surface area (TPSA) is 179 Å². The summed E-state index contributed by atoms with van der Waals surface area (Å²) in [6.07, 6.45) is 13.0. The van der Waals surface area contributed by atoms with E-state index in [-0.39, 0.29) is 65.5 Å². The second-order valence-electron chi connectivity index (χ2n) is 17.3. The standard InChI is InChI=1S/C34H48N2O5S.C10H18O4/c1-6-32(4)19-27(33(5)21(2)13-15-34(22(3)30(32)39)16-14-26(37)29(33)34)41-28(38)20-42-24-11-9-10-23(18-24)36-31(40)25-12-7-8-17-35-25;11-9(12)7-5-3-1-2-4-6-8-10(13)14/h6,9-11,18,21-22,25,27,29-30,35,39H,1,7-8,12-17,19-20H2,2-5H3,(H,36,40);1-8H2,(H,11,12)(H,13,14)/t21-,22+,25?,27-,29+,30+,32-,33+,34+;/m1./s1. The van der Waals surface area contributed by atoms with Gasteiger partial charge in [-0.15, -0.1) is 18.3 Å². The van der Waals surface area contributed by atoms with Crippen molar-refractivity contribution in [2.75, 3.05) is 17.6 Å². The molecule has 1 aromatic rings. The van der Waals surface area contributed by atoms with Gasteiger partial charge in [0, 0.05) is 46.6 Å². The summed E-state index contributed by atoms with van der Waals surface area (Å²) in [5.74, 6) is -1.59. The third-order valence-electron chi connectivity index (χ3n) is 13.7. The number of carbonyl (C=O) groups is 5. The van der Waals surface area contributed by atoms with Crippen LogP contribution in [0, 0.1) is 34.0 Å². The number of unbranched alkanes of at least 4 members (excludes halogenated alkanes) is 5. The van der Waals surface area contributed by atoms with Gasteiger partial charge in [0.05, 0.1) is 17.9 Å². The van der Waals surface area contributed by atoms with E-state index in [4.69, 9.17) is 14.9 Å². The maximum Gasteiger partial charge on any atom is 0.316 e. The summed E-state index contributed by atoms with van der Waals surface area (Å²) in [7, 11) is 0.